The number of aryl methyl sites for hydroxylation is 2. The average molecular weight is 410 g/mol. The van der Waals surface area contributed by atoms with E-state index < -0.39 is 6.10 Å². The molecule has 0 heterocycles. The van der Waals surface area contributed by atoms with Gasteiger partial charge in [0, 0.05) is 5.02 Å². The molecule has 3 rings (SSSR count). The van der Waals surface area contributed by atoms with Gasteiger partial charge in [-0.25, -0.2) is 0 Å². The summed E-state index contributed by atoms with van der Waals surface area (Å²) in [6.07, 6.45) is -0.117. The molecule has 0 radical (unpaired) electrons. The van der Waals surface area contributed by atoms with Crippen molar-refractivity contribution in [3.63, 3.8) is 0 Å². The number of nitrogens with one attached hydrogen (secondary N) is 1. The minimum atomic E-state index is -0.639. The fraction of sp³-hybridized carbons (Fsp3) is 0.208. The molecule has 4 nitrogen and oxygen atoms in total. The standard InChI is InChI=1S/C24H24ClNO3/c1-4-22(29-20-13-16(2)12-17(3)14-20)24(27)26-21-15-18(25)10-11-23(21)28-19-8-6-5-7-9-19/h5-15,22H,4H2,1-3H3,(H,26,27)/t22-/m1/s1. The molecule has 0 saturated carbocycles. The highest BCUT2D eigenvalue weighted by molar-refractivity contribution is 6.31. The fourth-order valence-corrected chi connectivity index (χ4v) is 3.18. The van der Waals surface area contributed by atoms with Gasteiger partial charge in [0.15, 0.2) is 11.9 Å². The molecule has 1 N–H and O–H groups in total. The summed E-state index contributed by atoms with van der Waals surface area (Å²) in [6, 6.07) is 20.4. The molecule has 0 aromatic heterocycles. The number of carbonyl (C=O) groups excluding carboxylic acids is 1. The molecule has 1 amide bonds. The Morgan fingerprint density at radius 2 is 1.66 bits per heavy atom. The van der Waals surface area contributed by atoms with E-state index in [9.17, 15) is 4.79 Å². The molecule has 150 valence electrons. The Morgan fingerprint density at radius 1 is 0.966 bits per heavy atom. The van der Waals surface area contributed by atoms with Gasteiger partial charge in [-0.05, 0) is 73.9 Å². The molecule has 3 aromatic carbocycles. The molecule has 0 aliphatic heterocycles. The maximum Gasteiger partial charge on any atom is 0.265 e. The van der Waals surface area contributed by atoms with Crippen LogP contribution in [0.3, 0.4) is 0 Å². The summed E-state index contributed by atoms with van der Waals surface area (Å²) in [5.74, 6) is 1.60. The third-order valence-corrected chi connectivity index (χ3v) is 4.54. The van der Waals surface area contributed by atoms with E-state index in [1.807, 2.05) is 63.2 Å². The lowest BCUT2D eigenvalue weighted by Crippen LogP contribution is -2.32. The van der Waals surface area contributed by atoms with Crippen LogP contribution < -0.4 is 14.8 Å². The lowest BCUT2D eigenvalue weighted by Gasteiger charge is -2.19. The third kappa shape index (κ3) is 5.75. The van der Waals surface area contributed by atoms with Crippen molar-refractivity contribution in [1.29, 1.82) is 0 Å². The lowest BCUT2D eigenvalue weighted by molar-refractivity contribution is -0.122. The first kappa shape index (κ1) is 20.7. The summed E-state index contributed by atoms with van der Waals surface area (Å²) in [4.78, 5) is 12.9. The predicted molar refractivity (Wildman–Crippen MR) is 117 cm³/mol. The number of ether oxygens (including phenoxy) is 2. The van der Waals surface area contributed by atoms with Crippen molar-refractivity contribution < 1.29 is 14.3 Å². The number of para-hydroxylation sites is 1. The Bertz CT molecular complexity index is 968. The normalized spacial score (nSPS) is 11.6. The minimum absolute atomic E-state index is 0.258. The Morgan fingerprint density at radius 3 is 2.31 bits per heavy atom. The molecular formula is C24H24ClNO3. The Hall–Kier alpha value is -2.98. The number of halogens is 1. The molecule has 1 atom stereocenters. The van der Waals surface area contributed by atoms with E-state index in [1.165, 1.54) is 0 Å². The summed E-state index contributed by atoms with van der Waals surface area (Å²) >= 11 is 6.14. The smallest absolute Gasteiger partial charge is 0.265 e. The van der Waals surface area contributed by atoms with Gasteiger partial charge in [0.25, 0.3) is 5.91 Å². The molecule has 3 aromatic rings. The summed E-state index contributed by atoms with van der Waals surface area (Å²) in [5, 5.41) is 3.40. The average Bonchev–Trinajstić information content (AvgIpc) is 2.68. The number of hydrogen-bond donors (Lipinski definition) is 1. The summed E-state index contributed by atoms with van der Waals surface area (Å²) < 4.78 is 11.9. The van der Waals surface area contributed by atoms with Gasteiger partial charge in [0.05, 0.1) is 5.69 Å². The van der Waals surface area contributed by atoms with Crippen LogP contribution in [0.4, 0.5) is 5.69 Å². The maximum atomic E-state index is 12.9. The van der Waals surface area contributed by atoms with Gasteiger partial charge in [-0.15, -0.1) is 0 Å². The Kier molecular flexibility index (Phi) is 6.78. The van der Waals surface area contributed by atoms with Gasteiger partial charge in [-0.1, -0.05) is 42.8 Å². The highest BCUT2D eigenvalue weighted by Gasteiger charge is 2.20. The van der Waals surface area contributed by atoms with Gasteiger partial charge >= 0.3 is 0 Å². The largest absolute Gasteiger partial charge is 0.481 e. The zero-order valence-corrected chi connectivity index (χ0v) is 17.5. The SMILES string of the molecule is CC[C@@H](Oc1cc(C)cc(C)c1)C(=O)Nc1cc(Cl)ccc1Oc1ccccc1. The third-order valence-electron chi connectivity index (χ3n) is 4.31. The van der Waals surface area contributed by atoms with Crippen molar-refractivity contribution in [3.8, 4) is 17.2 Å². The summed E-state index contributed by atoms with van der Waals surface area (Å²) in [5.41, 5.74) is 2.67. The monoisotopic (exact) mass is 409 g/mol. The number of hydrogen-bond acceptors (Lipinski definition) is 3. The van der Waals surface area contributed by atoms with E-state index in [0.717, 1.165) is 11.1 Å². The van der Waals surface area contributed by atoms with Crippen LogP contribution in [-0.2, 0) is 4.79 Å². The second-order valence-corrected chi connectivity index (χ2v) is 7.32. The summed E-state index contributed by atoms with van der Waals surface area (Å²) in [7, 11) is 0. The first-order valence-corrected chi connectivity index (χ1v) is 9.90. The predicted octanol–water partition coefficient (Wildman–Crippen LogP) is 6.55. The van der Waals surface area contributed by atoms with E-state index in [0.29, 0.717) is 34.4 Å². The Balaban J connectivity index is 1.78. The second kappa shape index (κ2) is 9.48. The van der Waals surface area contributed by atoms with Crippen LogP contribution in [-0.4, -0.2) is 12.0 Å². The quantitative estimate of drug-likeness (QED) is 0.481. The van der Waals surface area contributed by atoms with Crippen LogP contribution in [0.1, 0.15) is 24.5 Å². The second-order valence-electron chi connectivity index (χ2n) is 6.88. The van der Waals surface area contributed by atoms with Gasteiger partial charge in [0.1, 0.15) is 11.5 Å². The van der Waals surface area contributed by atoms with Crippen LogP contribution in [0.25, 0.3) is 0 Å². The lowest BCUT2D eigenvalue weighted by atomic mass is 10.1. The minimum Gasteiger partial charge on any atom is -0.481 e. The van der Waals surface area contributed by atoms with Crippen LogP contribution in [0, 0.1) is 13.8 Å². The molecule has 0 saturated heterocycles. The molecule has 0 unspecified atom stereocenters. The number of benzene rings is 3. The van der Waals surface area contributed by atoms with E-state index in [2.05, 4.69) is 11.4 Å². The maximum absolute atomic E-state index is 12.9. The molecule has 5 heteroatoms. The number of amides is 1. The molecule has 0 spiro atoms. The van der Waals surface area contributed by atoms with Crippen molar-refractivity contribution in [3.05, 3.63) is 82.9 Å². The van der Waals surface area contributed by atoms with Gasteiger partial charge in [0.2, 0.25) is 0 Å². The van der Waals surface area contributed by atoms with Crippen LogP contribution in [0.5, 0.6) is 17.2 Å². The zero-order valence-electron chi connectivity index (χ0n) is 16.7. The number of carbonyl (C=O) groups is 1. The summed E-state index contributed by atoms with van der Waals surface area (Å²) in [6.45, 7) is 5.91. The molecule has 29 heavy (non-hydrogen) atoms. The van der Waals surface area contributed by atoms with Crippen molar-refractivity contribution in [2.75, 3.05) is 5.32 Å². The van der Waals surface area contributed by atoms with E-state index in [4.69, 9.17) is 21.1 Å². The van der Waals surface area contributed by atoms with E-state index >= 15 is 0 Å². The van der Waals surface area contributed by atoms with Crippen molar-refractivity contribution in [2.45, 2.75) is 33.3 Å². The molecule has 0 fully saturated rings. The molecule has 0 bridgehead atoms. The van der Waals surface area contributed by atoms with Gasteiger partial charge in [-0.3, -0.25) is 4.79 Å². The van der Waals surface area contributed by atoms with Crippen LogP contribution >= 0.6 is 11.6 Å². The molecule has 0 aliphatic carbocycles. The van der Waals surface area contributed by atoms with E-state index in [-0.39, 0.29) is 5.91 Å². The fourth-order valence-electron chi connectivity index (χ4n) is 3.01. The van der Waals surface area contributed by atoms with Gasteiger partial charge < -0.3 is 14.8 Å². The first-order valence-electron chi connectivity index (χ1n) is 9.53. The van der Waals surface area contributed by atoms with Crippen molar-refractivity contribution in [1.82, 2.24) is 0 Å². The highest BCUT2D eigenvalue weighted by atomic mass is 35.5. The molecule has 0 aliphatic rings. The topological polar surface area (TPSA) is 47.6 Å². The number of anilines is 1. The van der Waals surface area contributed by atoms with E-state index in [1.54, 1.807) is 18.2 Å². The highest BCUT2D eigenvalue weighted by Crippen LogP contribution is 2.32. The van der Waals surface area contributed by atoms with Crippen LogP contribution in [0.2, 0.25) is 5.02 Å². The number of rotatable bonds is 7. The Labute approximate surface area is 176 Å². The van der Waals surface area contributed by atoms with Crippen molar-refractivity contribution >= 4 is 23.2 Å². The first-order chi connectivity index (χ1) is 13.9. The van der Waals surface area contributed by atoms with Gasteiger partial charge in [-0.2, -0.15) is 0 Å². The molecular weight excluding hydrogens is 386 g/mol. The zero-order chi connectivity index (χ0) is 20.8. The van der Waals surface area contributed by atoms with Crippen molar-refractivity contribution in [2.24, 2.45) is 0 Å². The van der Waals surface area contributed by atoms with Crippen LogP contribution in [0.15, 0.2) is 66.7 Å².